The first-order chi connectivity index (χ1) is 16.2. The highest BCUT2D eigenvalue weighted by molar-refractivity contribution is 5.15. The molecule has 0 spiro atoms. The van der Waals surface area contributed by atoms with Gasteiger partial charge in [-0.1, -0.05) is 91.0 Å². The van der Waals surface area contributed by atoms with Crippen molar-refractivity contribution in [2.45, 2.75) is 50.5 Å². The fourth-order valence-electron chi connectivity index (χ4n) is 3.82. The summed E-state index contributed by atoms with van der Waals surface area (Å²) >= 11 is 0. The van der Waals surface area contributed by atoms with Gasteiger partial charge in [-0.3, -0.25) is 0 Å². The molecule has 1 heterocycles. The van der Waals surface area contributed by atoms with Gasteiger partial charge in [0.2, 0.25) is 0 Å². The maximum atomic E-state index is 10.5. The molecule has 0 saturated carbocycles. The predicted octanol–water partition coefficient (Wildman–Crippen LogP) is 3.45. The van der Waals surface area contributed by atoms with Crippen molar-refractivity contribution >= 4 is 0 Å². The molecule has 6 heteroatoms. The molecular weight excluding hydrogens is 420 g/mol. The van der Waals surface area contributed by atoms with Crippen LogP contribution >= 0.6 is 0 Å². The lowest BCUT2D eigenvalue weighted by molar-refractivity contribution is -0.170. The van der Waals surface area contributed by atoms with Crippen LogP contribution in [0.2, 0.25) is 0 Å². The predicted molar refractivity (Wildman–Crippen MR) is 123 cm³/mol. The molecule has 1 aliphatic heterocycles. The van der Waals surface area contributed by atoms with Crippen molar-refractivity contribution < 1.29 is 29.2 Å². The SMILES string of the molecule is O[C@@H]1[C@H](OCc2ccccc2)[C@@H]([C@H](COCc2ccccc2)OCc2ccccc2)O[C@H]1O. The summed E-state index contributed by atoms with van der Waals surface area (Å²) < 4.78 is 23.8. The van der Waals surface area contributed by atoms with E-state index in [1.165, 1.54) is 0 Å². The van der Waals surface area contributed by atoms with Gasteiger partial charge in [-0.2, -0.15) is 0 Å². The Bertz CT molecular complexity index is 937. The Morgan fingerprint density at radius 3 is 1.79 bits per heavy atom. The molecular formula is C27H30O6. The van der Waals surface area contributed by atoms with Crippen LogP contribution in [0.4, 0.5) is 0 Å². The fourth-order valence-corrected chi connectivity index (χ4v) is 3.82. The molecule has 1 saturated heterocycles. The van der Waals surface area contributed by atoms with Gasteiger partial charge in [0.05, 0.1) is 26.4 Å². The van der Waals surface area contributed by atoms with Gasteiger partial charge in [-0.15, -0.1) is 0 Å². The van der Waals surface area contributed by atoms with Crippen LogP contribution in [0.15, 0.2) is 91.0 Å². The molecule has 2 N–H and O–H groups in total. The van der Waals surface area contributed by atoms with Crippen LogP contribution in [0.1, 0.15) is 16.7 Å². The lowest BCUT2D eigenvalue weighted by Gasteiger charge is -2.28. The number of rotatable bonds is 11. The summed E-state index contributed by atoms with van der Waals surface area (Å²) in [5.74, 6) is 0. The van der Waals surface area contributed by atoms with Crippen LogP contribution in [0.5, 0.6) is 0 Å². The molecule has 1 fully saturated rings. The number of hydrogen-bond acceptors (Lipinski definition) is 6. The van der Waals surface area contributed by atoms with E-state index in [1.807, 2.05) is 91.0 Å². The van der Waals surface area contributed by atoms with Crippen molar-refractivity contribution in [1.82, 2.24) is 0 Å². The molecule has 174 valence electrons. The van der Waals surface area contributed by atoms with Gasteiger partial charge in [-0.25, -0.2) is 0 Å². The molecule has 5 atom stereocenters. The summed E-state index contributed by atoms with van der Waals surface area (Å²) in [6, 6.07) is 29.3. The lowest BCUT2D eigenvalue weighted by Crippen LogP contribution is -2.44. The van der Waals surface area contributed by atoms with Gasteiger partial charge in [0.15, 0.2) is 6.29 Å². The minimum atomic E-state index is -1.35. The Balaban J connectivity index is 1.44. The van der Waals surface area contributed by atoms with Crippen LogP contribution in [-0.2, 0) is 38.8 Å². The zero-order valence-electron chi connectivity index (χ0n) is 18.4. The van der Waals surface area contributed by atoms with Gasteiger partial charge in [0.25, 0.3) is 0 Å². The molecule has 1 aliphatic rings. The highest BCUT2D eigenvalue weighted by Gasteiger charge is 2.48. The third kappa shape index (κ3) is 6.71. The van der Waals surface area contributed by atoms with Crippen LogP contribution in [0, 0.1) is 0 Å². The standard InChI is InChI=1S/C27H30O6/c28-24-26(32-18-22-14-8-3-9-15-22)25(33-27(24)29)23(31-17-21-12-6-2-7-13-21)19-30-16-20-10-4-1-5-11-20/h1-15,23-29H,16-19H2/t23-,24+,25+,26-,27+/m0/s1. The van der Waals surface area contributed by atoms with Gasteiger partial charge in [-0.05, 0) is 16.7 Å². The van der Waals surface area contributed by atoms with E-state index < -0.39 is 30.7 Å². The molecule has 0 aliphatic carbocycles. The average Bonchev–Trinajstić information content (AvgIpc) is 3.15. The van der Waals surface area contributed by atoms with E-state index in [0.717, 1.165) is 16.7 Å². The Morgan fingerprint density at radius 2 is 1.21 bits per heavy atom. The van der Waals surface area contributed by atoms with Crippen molar-refractivity contribution in [2.75, 3.05) is 6.61 Å². The molecule has 3 aromatic carbocycles. The summed E-state index contributed by atoms with van der Waals surface area (Å²) in [7, 11) is 0. The van der Waals surface area contributed by atoms with Crippen molar-refractivity contribution in [3.8, 4) is 0 Å². The number of ether oxygens (including phenoxy) is 4. The average molecular weight is 451 g/mol. The second kappa shape index (κ2) is 12.0. The normalized spacial score (nSPS) is 23.5. The Hall–Kier alpha value is -2.58. The second-order valence-corrected chi connectivity index (χ2v) is 8.08. The minimum absolute atomic E-state index is 0.219. The third-order valence-corrected chi connectivity index (χ3v) is 5.60. The first-order valence-corrected chi connectivity index (χ1v) is 11.1. The highest BCUT2D eigenvalue weighted by Crippen LogP contribution is 2.28. The Morgan fingerprint density at radius 1 is 0.697 bits per heavy atom. The molecule has 0 aromatic heterocycles. The van der Waals surface area contributed by atoms with E-state index >= 15 is 0 Å². The number of aliphatic hydroxyl groups excluding tert-OH is 2. The molecule has 4 rings (SSSR count). The largest absolute Gasteiger partial charge is 0.385 e. The van der Waals surface area contributed by atoms with Gasteiger partial charge in [0, 0.05) is 0 Å². The molecule has 3 aromatic rings. The van der Waals surface area contributed by atoms with Gasteiger partial charge < -0.3 is 29.2 Å². The van der Waals surface area contributed by atoms with Crippen molar-refractivity contribution in [2.24, 2.45) is 0 Å². The second-order valence-electron chi connectivity index (χ2n) is 8.08. The molecule has 0 unspecified atom stereocenters. The molecule has 0 amide bonds. The quantitative estimate of drug-likeness (QED) is 0.466. The van der Waals surface area contributed by atoms with E-state index in [-0.39, 0.29) is 13.2 Å². The lowest BCUT2D eigenvalue weighted by atomic mass is 10.1. The minimum Gasteiger partial charge on any atom is -0.385 e. The smallest absolute Gasteiger partial charge is 0.184 e. The van der Waals surface area contributed by atoms with E-state index in [0.29, 0.717) is 13.2 Å². The van der Waals surface area contributed by atoms with Gasteiger partial charge in [0.1, 0.15) is 24.4 Å². The highest BCUT2D eigenvalue weighted by atomic mass is 16.7. The third-order valence-electron chi connectivity index (χ3n) is 5.60. The van der Waals surface area contributed by atoms with E-state index in [1.54, 1.807) is 0 Å². The monoisotopic (exact) mass is 450 g/mol. The summed E-state index contributed by atoms with van der Waals surface area (Å²) in [5.41, 5.74) is 3.02. The van der Waals surface area contributed by atoms with E-state index in [4.69, 9.17) is 18.9 Å². The zero-order chi connectivity index (χ0) is 22.9. The fraction of sp³-hybridized carbons (Fsp3) is 0.333. The molecule has 0 bridgehead atoms. The number of aliphatic hydroxyl groups is 2. The molecule has 33 heavy (non-hydrogen) atoms. The summed E-state index contributed by atoms with van der Waals surface area (Å²) in [5, 5.41) is 20.8. The Kier molecular flexibility index (Phi) is 8.60. The van der Waals surface area contributed by atoms with Crippen LogP contribution in [-0.4, -0.2) is 47.5 Å². The van der Waals surface area contributed by atoms with E-state index in [2.05, 4.69) is 0 Å². The van der Waals surface area contributed by atoms with E-state index in [9.17, 15) is 10.2 Å². The van der Waals surface area contributed by atoms with Crippen molar-refractivity contribution in [1.29, 1.82) is 0 Å². The zero-order valence-corrected chi connectivity index (χ0v) is 18.4. The number of hydrogen-bond donors (Lipinski definition) is 2. The molecule has 0 radical (unpaired) electrons. The van der Waals surface area contributed by atoms with Gasteiger partial charge >= 0.3 is 0 Å². The van der Waals surface area contributed by atoms with Crippen LogP contribution < -0.4 is 0 Å². The van der Waals surface area contributed by atoms with Crippen LogP contribution in [0.25, 0.3) is 0 Å². The topological polar surface area (TPSA) is 77.4 Å². The Labute approximate surface area is 194 Å². The molecule has 6 nitrogen and oxygen atoms in total. The number of benzene rings is 3. The van der Waals surface area contributed by atoms with Crippen molar-refractivity contribution in [3.63, 3.8) is 0 Å². The first kappa shape index (κ1) is 23.6. The maximum absolute atomic E-state index is 10.5. The first-order valence-electron chi connectivity index (χ1n) is 11.1. The summed E-state index contributed by atoms with van der Waals surface area (Å²) in [4.78, 5) is 0. The summed E-state index contributed by atoms with van der Waals surface area (Å²) in [6.45, 7) is 1.26. The summed E-state index contributed by atoms with van der Waals surface area (Å²) in [6.07, 6.45) is -4.55. The maximum Gasteiger partial charge on any atom is 0.184 e. The van der Waals surface area contributed by atoms with Crippen molar-refractivity contribution in [3.05, 3.63) is 108 Å². The van der Waals surface area contributed by atoms with Crippen LogP contribution in [0.3, 0.4) is 0 Å².